The molecule has 0 saturated carbocycles. The van der Waals surface area contributed by atoms with E-state index in [1.54, 1.807) is 13.8 Å². The number of esters is 1. The van der Waals surface area contributed by atoms with Crippen LogP contribution in [0.25, 0.3) is 0 Å². The molecule has 0 N–H and O–H groups in total. The number of rotatable bonds is 3. The summed E-state index contributed by atoms with van der Waals surface area (Å²) < 4.78 is 43.4. The molecular formula is C12H11F3N2O2. The molecule has 1 heterocycles. The summed E-state index contributed by atoms with van der Waals surface area (Å²) in [6.07, 6.45) is -4.95. The van der Waals surface area contributed by atoms with Crippen LogP contribution in [0.3, 0.4) is 0 Å². The molecule has 7 heteroatoms. The topological polar surface area (TPSA) is 51.0 Å². The van der Waals surface area contributed by atoms with E-state index in [9.17, 15) is 18.0 Å². The molecule has 19 heavy (non-hydrogen) atoms. The molecule has 1 aliphatic rings. The van der Waals surface area contributed by atoms with Crippen molar-refractivity contribution in [2.75, 3.05) is 0 Å². The van der Waals surface area contributed by atoms with Crippen molar-refractivity contribution >= 4 is 5.97 Å². The van der Waals surface area contributed by atoms with E-state index in [0.717, 1.165) is 6.07 Å². The van der Waals surface area contributed by atoms with Gasteiger partial charge in [-0.2, -0.15) is 13.2 Å². The van der Waals surface area contributed by atoms with Gasteiger partial charge in [0.05, 0.1) is 11.7 Å². The van der Waals surface area contributed by atoms with E-state index in [0.29, 0.717) is 0 Å². The van der Waals surface area contributed by atoms with Crippen LogP contribution >= 0.6 is 0 Å². The normalized spacial score (nSPS) is 16.5. The third kappa shape index (κ3) is 2.45. The summed E-state index contributed by atoms with van der Waals surface area (Å²) in [6, 6.07) is 5.08. The lowest BCUT2D eigenvalue weighted by molar-refractivity contribution is -0.166. The molecule has 2 rings (SSSR count). The average Bonchev–Trinajstić information content (AvgIpc) is 3.08. The van der Waals surface area contributed by atoms with Crippen molar-refractivity contribution in [1.29, 1.82) is 0 Å². The summed E-state index contributed by atoms with van der Waals surface area (Å²) in [5, 5.41) is 6.17. The number of benzene rings is 1. The zero-order valence-electron chi connectivity index (χ0n) is 10.2. The molecule has 1 aliphatic heterocycles. The predicted molar refractivity (Wildman–Crippen MR) is 59.6 cm³/mol. The number of carbonyl (C=O) groups is 1. The Morgan fingerprint density at radius 2 is 1.95 bits per heavy atom. The van der Waals surface area contributed by atoms with Gasteiger partial charge in [-0.05, 0) is 26.0 Å². The van der Waals surface area contributed by atoms with Gasteiger partial charge in [0.1, 0.15) is 0 Å². The molecule has 0 saturated heterocycles. The highest BCUT2D eigenvalue weighted by atomic mass is 19.4. The van der Waals surface area contributed by atoms with Crippen molar-refractivity contribution in [1.82, 2.24) is 0 Å². The fourth-order valence-corrected chi connectivity index (χ4v) is 1.59. The molecule has 0 unspecified atom stereocenters. The highest BCUT2D eigenvalue weighted by Crippen LogP contribution is 2.52. The first kappa shape index (κ1) is 13.5. The molecule has 0 aliphatic carbocycles. The summed E-state index contributed by atoms with van der Waals surface area (Å²) in [5.41, 5.74) is -2.65. The lowest BCUT2D eigenvalue weighted by Gasteiger charge is -2.15. The van der Waals surface area contributed by atoms with Crippen LogP contribution in [0.2, 0.25) is 0 Å². The summed E-state index contributed by atoms with van der Waals surface area (Å²) >= 11 is 0. The highest BCUT2D eigenvalue weighted by Gasteiger charge is 2.65. The largest absolute Gasteiger partial charge is 0.459 e. The zero-order valence-corrected chi connectivity index (χ0v) is 10.2. The summed E-state index contributed by atoms with van der Waals surface area (Å²) in [5.74, 6) is -0.671. The van der Waals surface area contributed by atoms with Crippen LogP contribution in [0.15, 0.2) is 34.5 Å². The predicted octanol–water partition coefficient (Wildman–Crippen LogP) is 3.43. The summed E-state index contributed by atoms with van der Waals surface area (Å²) in [4.78, 5) is 11.6. The summed E-state index contributed by atoms with van der Waals surface area (Å²) in [6.45, 7) is 3.31. The number of alkyl halides is 3. The second kappa shape index (κ2) is 4.32. The lowest BCUT2D eigenvalue weighted by Crippen LogP contribution is -2.30. The van der Waals surface area contributed by atoms with Crippen LogP contribution in [-0.2, 0) is 10.4 Å². The minimum atomic E-state index is -4.60. The Morgan fingerprint density at radius 3 is 2.42 bits per heavy atom. The Morgan fingerprint density at radius 1 is 1.32 bits per heavy atom. The Labute approximate surface area is 107 Å². The molecule has 0 aromatic heterocycles. The van der Waals surface area contributed by atoms with Gasteiger partial charge >= 0.3 is 17.8 Å². The van der Waals surface area contributed by atoms with Gasteiger partial charge in [-0.15, -0.1) is 10.2 Å². The minimum absolute atomic E-state index is 0.0483. The number of ether oxygens (including phenoxy) is 1. The molecular weight excluding hydrogens is 261 g/mol. The molecule has 0 bridgehead atoms. The minimum Gasteiger partial charge on any atom is -0.459 e. The number of carbonyl (C=O) groups excluding carboxylic acids is 1. The van der Waals surface area contributed by atoms with Crippen LogP contribution < -0.4 is 0 Å². The smallest absolute Gasteiger partial charge is 0.442 e. The van der Waals surface area contributed by atoms with Crippen LogP contribution in [-0.4, -0.2) is 18.2 Å². The van der Waals surface area contributed by atoms with E-state index in [1.165, 1.54) is 18.2 Å². The van der Waals surface area contributed by atoms with Crippen LogP contribution in [0.1, 0.15) is 29.8 Å². The molecule has 0 amide bonds. The summed E-state index contributed by atoms with van der Waals surface area (Å²) in [7, 11) is 0. The standard InChI is InChI=1S/C12H11F3N2O2/c1-7(2)19-10(18)8-4-3-5-9(6-8)11(16-17-11)12(13,14)15/h3-7H,1-2H3. The van der Waals surface area contributed by atoms with Gasteiger partial charge in [-0.25, -0.2) is 4.79 Å². The second-order valence-corrected chi connectivity index (χ2v) is 4.40. The van der Waals surface area contributed by atoms with Crippen LogP contribution in [0, 0.1) is 0 Å². The van der Waals surface area contributed by atoms with E-state index in [4.69, 9.17) is 4.74 Å². The quantitative estimate of drug-likeness (QED) is 0.791. The van der Waals surface area contributed by atoms with E-state index >= 15 is 0 Å². The zero-order chi connectivity index (χ0) is 14.3. The Kier molecular flexibility index (Phi) is 3.07. The van der Waals surface area contributed by atoms with E-state index in [1.807, 2.05) is 0 Å². The maximum atomic E-state index is 12.8. The van der Waals surface area contributed by atoms with Crippen molar-refractivity contribution in [3.05, 3.63) is 35.4 Å². The lowest BCUT2D eigenvalue weighted by atomic mass is 10.0. The van der Waals surface area contributed by atoms with Crippen molar-refractivity contribution < 1.29 is 22.7 Å². The van der Waals surface area contributed by atoms with Crippen molar-refractivity contribution in [2.45, 2.75) is 31.8 Å². The highest BCUT2D eigenvalue weighted by molar-refractivity contribution is 5.89. The van der Waals surface area contributed by atoms with Crippen LogP contribution in [0.5, 0.6) is 0 Å². The first-order chi connectivity index (χ1) is 8.76. The van der Waals surface area contributed by atoms with Gasteiger partial charge in [0.2, 0.25) is 0 Å². The van der Waals surface area contributed by atoms with Gasteiger partial charge in [-0.3, -0.25) is 0 Å². The molecule has 102 valence electrons. The number of halogens is 3. The SMILES string of the molecule is CC(C)OC(=O)c1cccc(C2(C(F)(F)F)N=N2)c1. The molecule has 1 aromatic carbocycles. The Hall–Kier alpha value is -1.92. The van der Waals surface area contributed by atoms with Gasteiger partial charge in [0, 0.05) is 5.56 Å². The number of hydrogen-bond donors (Lipinski definition) is 0. The van der Waals surface area contributed by atoms with E-state index in [2.05, 4.69) is 10.2 Å². The third-order valence-corrected chi connectivity index (χ3v) is 2.54. The maximum Gasteiger partial charge on any atom is 0.442 e. The monoisotopic (exact) mass is 272 g/mol. The van der Waals surface area contributed by atoms with Gasteiger partial charge in [0.15, 0.2) is 0 Å². The molecule has 1 aromatic rings. The van der Waals surface area contributed by atoms with Gasteiger partial charge < -0.3 is 4.74 Å². The molecule has 0 atom stereocenters. The van der Waals surface area contributed by atoms with Crippen LogP contribution in [0.4, 0.5) is 13.2 Å². The Balaban J connectivity index is 2.29. The fourth-order valence-electron chi connectivity index (χ4n) is 1.59. The Bertz CT molecular complexity index is 532. The van der Waals surface area contributed by atoms with E-state index < -0.39 is 17.8 Å². The fraction of sp³-hybridized carbons (Fsp3) is 0.417. The first-order valence-electron chi connectivity index (χ1n) is 5.58. The number of hydrogen-bond acceptors (Lipinski definition) is 4. The molecule has 0 spiro atoms. The molecule has 0 fully saturated rings. The van der Waals surface area contributed by atoms with Crippen molar-refractivity contribution in [3.8, 4) is 0 Å². The van der Waals surface area contributed by atoms with Gasteiger partial charge in [-0.1, -0.05) is 12.1 Å². The van der Waals surface area contributed by atoms with E-state index in [-0.39, 0.29) is 17.2 Å². The second-order valence-electron chi connectivity index (χ2n) is 4.40. The number of nitrogens with zero attached hydrogens (tertiary/aromatic N) is 2. The molecule has 4 nitrogen and oxygen atoms in total. The van der Waals surface area contributed by atoms with Crippen molar-refractivity contribution in [2.24, 2.45) is 10.2 Å². The average molecular weight is 272 g/mol. The third-order valence-electron chi connectivity index (χ3n) is 2.54. The maximum absolute atomic E-state index is 12.8. The van der Waals surface area contributed by atoms with Crippen molar-refractivity contribution in [3.63, 3.8) is 0 Å². The van der Waals surface area contributed by atoms with Gasteiger partial charge in [0.25, 0.3) is 0 Å². The first-order valence-corrected chi connectivity index (χ1v) is 5.58. The molecule has 0 radical (unpaired) electrons.